The van der Waals surface area contributed by atoms with Gasteiger partial charge in [0.05, 0.1) is 13.2 Å². The molecule has 6 nitrogen and oxygen atoms in total. The molecular formula is C16H25F3IN3O3. The van der Waals surface area contributed by atoms with Gasteiger partial charge in [0.15, 0.2) is 5.96 Å². The summed E-state index contributed by atoms with van der Waals surface area (Å²) in [5, 5.41) is 5.89. The fourth-order valence-electron chi connectivity index (χ4n) is 1.93. The smallest absolute Gasteiger partial charge is 0.387 e. The molecule has 0 unspecified atom stereocenters. The molecule has 0 saturated carbocycles. The molecule has 0 spiro atoms. The number of alkyl halides is 2. The molecule has 26 heavy (non-hydrogen) atoms. The predicted molar refractivity (Wildman–Crippen MR) is 104 cm³/mol. The first kappa shape index (κ1) is 24.7. The van der Waals surface area contributed by atoms with Crippen molar-refractivity contribution in [3.8, 4) is 5.75 Å². The van der Waals surface area contributed by atoms with E-state index >= 15 is 0 Å². The van der Waals surface area contributed by atoms with Gasteiger partial charge in [-0.2, -0.15) is 8.78 Å². The van der Waals surface area contributed by atoms with Gasteiger partial charge in [0.1, 0.15) is 11.6 Å². The molecule has 0 aliphatic rings. The van der Waals surface area contributed by atoms with E-state index in [1.54, 1.807) is 14.2 Å². The fourth-order valence-corrected chi connectivity index (χ4v) is 1.93. The molecule has 0 aromatic heterocycles. The van der Waals surface area contributed by atoms with E-state index in [1.807, 2.05) is 0 Å². The number of halogens is 4. The van der Waals surface area contributed by atoms with Crippen LogP contribution in [0, 0.1) is 5.82 Å². The van der Waals surface area contributed by atoms with Crippen molar-refractivity contribution in [2.45, 2.75) is 19.6 Å². The van der Waals surface area contributed by atoms with E-state index in [4.69, 9.17) is 9.47 Å². The number of hydrogen-bond acceptors (Lipinski definition) is 4. The maximum absolute atomic E-state index is 13.9. The van der Waals surface area contributed by atoms with Crippen LogP contribution < -0.4 is 15.4 Å². The SMILES string of the molecule is CN=C(NCCCOCCOC)NCc1c(F)cccc1OC(F)F.I. The second kappa shape index (κ2) is 14.9. The highest BCUT2D eigenvalue weighted by Crippen LogP contribution is 2.23. The quantitative estimate of drug-likeness (QED) is 0.216. The Bertz CT molecular complexity index is 537. The van der Waals surface area contributed by atoms with Crippen LogP contribution in [0.25, 0.3) is 0 Å². The Kier molecular flexibility index (Phi) is 14.1. The highest BCUT2D eigenvalue weighted by atomic mass is 127. The molecule has 0 fully saturated rings. The molecule has 1 aromatic carbocycles. The van der Waals surface area contributed by atoms with E-state index in [2.05, 4.69) is 20.4 Å². The van der Waals surface area contributed by atoms with Gasteiger partial charge >= 0.3 is 6.61 Å². The topological polar surface area (TPSA) is 64.1 Å². The minimum atomic E-state index is -3.02. The summed E-state index contributed by atoms with van der Waals surface area (Å²) in [4.78, 5) is 3.99. The Balaban J connectivity index is 0.00000625. The second-order valence-corrected chi connectivity index (χ2v) is 4.91. The number of guanidine groups is 1. The normalized spacial score (nSPS) is 11.2. The number of benzene rings is 1. The summed E-state index contributed by atoms with van der Waals surface area (Å²) in [7, 11) is 3.16. The van der Waals surface area contributed by atoms with Gasteiger partial charge in [-0.25, -0.2) is 4.39 Å². The fraction of sp³-hybridized carbons (Fsp3) is 0.562. The van der Waals surface area contributed by atoms with Crippen LogP contribution in [0.4, 0.5) is 13.2 Å². The first-order chi connectivity index (χ1) is 12.1. The third-order valence-corrected chi connectivity index (χ3v) is 3.14. The molecule has 0 atom stereocenters. The summed E-state index contributed by atoms with van der Waals surface area (Å²) < 4.78 is 53.2. The zero-order valence-corrected chi connectivity index (χ0v) is 17.1. The van der Waals surface area contributed by atoms with Crippen molar-refractivity contribution in [3.05, 3.63) is 29.6 Å². The van der Waals surface area contributed by atoms with E-state index < -0.39 is 12.4 Å². The molecule has 0 heterocycles. The first-order valence-corrected chi connectivity index (χ1v) is 7.82. The molecule has 150 valence electrons. The zero-order valence-electron chi connectivity index (χ0n) is 14.8. The number of aliphatic imine (C=N–C) groups is 1. The highest BCUT2D eigenvalue weighted by molar-refractivity contribution is 14.0. The highest BCUT2D eigenvalue weighted by Gasteiger charge is 2.14. The summed E-state index contributed by atoms with van der Waals surface area (Å²) in [6, 6.07) is 3.79. The van der Waals surface area contributed by atoms with E-state index in [0.717, 1.165) is 6.42 Å². The lowest BCUT2D eigenvalue weighted by Gasteiger charge is -2.15. The molecular weight excluding hydrogens is 466 g/mol. The minimum Gasteiger partial charge on any atom is -0.434 e. The van der Waals surface area contributed by atoms with Gasteiger partial charge in [-0.15, -0.1) is 24.0 Å². The number of rotatable bonds is 11. The monoisotopic (exact) mass is 491 g/mol. The van der Waals surface area contributed by atoms with Crippen molar-refractivity contribution < 1.29 is 27.4 Å². The van der Waals surface area contributed by atoms with Gasteiger partial charge in [0.2, 0.25) is 0 Å². The van der Waals surface area contributed by atoms with Gasteiger partial charge in [-0.1, -0.05) is 6.07 Å². The van der Waals surface area contributed by atoms with Crippen LogP contribution >= 0.6 is 24.0 Å². The average molecular weight is 491 g/mol. The van der Waals surface area contributed by atoms with Gasteiger partial charge in [-0.3, -0.25) is 4.99 Å². The average Bonchev–Trinajstić information content (AvgIpc) is 2.58. The van der Waals surface area contributed by atoms with Gasteiger partial charge in [-0.05, 0) is 18.6 Å². The van der Waals surface area contributed by atoms with Crippen LogP contribution in [0.5, 0.6) is 5.75 Å². The van der Waals surface area contributed by atoms with Crippen molar-refractivity contribution >= 4 is 29.9 Å². The van der Waals surface area contributed by atoms with Gasteiger partial charge < -0.3 is 24.8 Å². The van der Waals surface area contributed by atoms with Crippen LogP contribution in [-0.2, 0) is 16.0 Å². The minimum absolute atomic E-state index is 0. The molecule has 0 bridgehead atoms. The standard InChI is InChI=1S/C16H24F3N3O3.HI/c1-20-16(21-7-4-8-24-10-9-23-2)22-11-12-13(17)5-3-6-14(12)25-15(18)19;/h3,5-6,15H,4,7-11H2,1-2H3,(H2,20,21,22);1H. The molecule has 0 radical (unpaired) electrons. The molecule has 0 amide bonds. The number of nitrogens with one attached hydrogen (secondary N) is 2. The third-order valence-electron chi connectivity index (χ3n) is 3.14. The summed E-state index contributed by atoms with van der Waals surface area (Å²) in [5.41, 5.74) is 0.00801. The second-order valence-electron chi connectivity index (χ2n) is 4.91. The lowest BCUT2D eigenvalue weighted by molar-refractivity contribution is -0.0506. The molecule has 0 aliphatic heterocycles. The van der Waals surface area contributed by atoms with Gasteiger partial charge in [0.25, 0.3) is 0 Å². The summed E-state index contributed by atoms with van der Waals surface area (Å²) in [6.45, 7) is -0.835. The van der Waals surface area contributed by atoms with Crippen molar-refractivity contribution in [2.75, 3.05) is 40.5 Å². The lowest BCUT2D eigenvalue weighted by Crippen LogP contribution is -2.37. The molecule has 0 saturated heterocycles. The molecule has 10 heteroatoms. The van der Waals surface area contributed by atoms with Crippen LogP contribution in [0.2, 0.25) is 0 Å². The Hall–Kier alpha value is -1.27. The number of ether oxygens (including phenoxy) is 3. The van der Waals surface area contributed by atoms with Crippen molar-refractivity contribution in [3.63, 3.8) is 0 Å². The van der Waals surface area contributed by atoms with E-state index in [9.17, 15) is 13.2 Å². The van der Waals surface area contributed by atoms with Gasteiger partial charge in [0, 0.05) is 39.4 Å². The van der Waals surface area contributed by atoms with Crippen LogP contribution in [0.15, 0.2) is 23.2 Å². The molecule has 1 aromatic rings. The number of nitrogens with zero attached hydrogens (tertiary/aromatic N) is 1. The molecule has 0 aliphatic carbocycles. The van der Waals surface area contributed by atoms with Crippen LogP contribution in [0.1, 0.15) is 12.0 Å². The summed E-state index contributed by atoms with van der Waals surface area (Å²) in [6.07, 6.45) is 0.740. The van der Waals surface area contributed by atoms with E-state index in [0.29, 0.717) is 32.3 Å². The third kappa shape index (κ3) is 10.0. The zero-order chi connectivity index (χ0) is 18.5. The molecule has 1 rings (SSSR count). The Labute approximate surface area is 168 Å². The lowest BCUT2D eigenvalue weighted by atomic mass is 10.2. The Morgan fingerprint density at radius 2 is 1.96 bits per heavy atom. The van der Waals surface area contributed by atoms with Crippen LogP contribution in [0.3, 0.4) is 0 Å². The molecule has 2 N–H and O–H groups in total. The van der Waals surface area contributed by atoms with Crippen molar-refractivity contribution in [1.29, 1.82) is 0 Å². The number of methoxy groups -OCH3 is 1. The number of hydrogen-bond donors (Lipinski definition) is 2. The van der Waals surface area contributed by atoms with Crippen LogP contribution in [-0.4, -0.2) is 53.1 Å². The maximum Gasteiger partial charge on any atom is 0.387 e. The van der Waals surface area contributed by atoms with E-state index in [1.165, 1.54) is 18.2 Å². The Morgan fingerprint density at radius 3 is 2.62 bits per heavy atom. The largest absolute Gasteiger partial charge is 0.434 e. The van der Waals surface area contributed by atoms with Crippen molar-refractivity contribution in [1.82, 2.24) is 10.6 Å². The first-order valence-electron chi connectivity index (χ1n) is 7.82. The summed E-state index contributed by atoms with van der Waals surface area (Å²) in [5.74, 6) is -0.416. The summed E-state index contributed by atoms with van der Waals surface area (Å²) >= 11 is 0. The maximum atomic E-state index is 13.9. The Morgan fingerprint density at radius 1 is 1.19 bits per heavy atom. The van der Waals surface area contributed by atoms with E-state index in [-0.39, 0.29) is 41.8 Å². The van der Waals surface area contributed by atoms with Crippen molar-refractivity contribution in [2.24, 2.45) is 4.99 Å². The predicted octanol–water partition coefficient (Wildman–Crippen LogP) is 2.76.